The van der Waals surface area contributed by atoms with Gasteiger partial charge in [-0.3, -0.25) is 4.79 Å². The van der Waals surface area contributed by atoms with Crippen molar-refractivity contribution in [2.24, 2.45) is 0 Å². The van der Waals surface area contributed by atoms with Gasteiger partial charge in [0.1, 0.15) is 11.6 Å². The smallest absolute Gasteiger partial charge is 0.260 e. The third kappa shape index (κ3) is 5.57. The highest BCUT2D eigenvalue weighted by Crippen LogP contribution is 2.13. The van der Waals surface area contributed by atoms with Gasteiger partial charge in [-0.25, -0.2) is 4.39 Å². The molecule has 0 aliphatic rings. The number of para-hydroxylation sites is 1. The Morgan fingerprint density at radius 1 is 1.17 bits per heavy atom. The summed E-state index contributed by atoms with van der Waals surface area (Å²) in [7, 11) is 2.03. The van der Waals surface area contributed by atoms with Crippen molar-refractivity contribution >= 4 is 11.6 Å². The quantitative estimate of drug-likeness (QED) is 0.756. The Hall–Kier alpha value is -2.56. The highest BCUT2D eigenvalue weighted by atomic mass is 19.1. The van der Waals surface area contributed by atoms with E-state index < -0.39 is 6.10 Å². The molecule has 0 aliphatic heterocycles. The molecule has 0 fully saturated rings. The molecule has 5 heteroatoms. The van der Waals surface area contributed by atoms with E-state index in [-0.39, 0.29) is 11.7 Å². The number of nitrogens with one attached hydrogen (secondary N) is 1. The van der Waals surface area contributed by atoms with Gasteiger partial charge in [0.15, 0.2) is 6.10 Å². The lowest BCUT2D eigenvalue weighted by Crippen LogP contribution is -2.37. The zero-order chi connectivity index (χ0) is 17.4. The molecule has 0 aromatic heterocycles. The third-order valence-corrected chi connectivity index (χ3v) is 3.66. The summed E-state index contributed by atoms with van der Waals surface area (Å²) in [6, 6.07) is 15.7. The third-order valence-electron chi connectivity index (χ3n) is 3.66. The second-order valence-electron chi connectivity index (χ2n) is 5.62. The minimum absolute atomic E-state index is 0.179. The summed E-state index contributed by atoms with van der Waals surface area (Å²) < 4.78 is 18.3. The highest BCUT2D eigenvalue weighted by Gasteiger charge is 2.14. The van der Waals surface area contributed by atoms with Gasteiger partial charge < -0.3 is 15.0 Å². The summed E-state index contributed by atoms with van der Waals surface area (Å²) in [6.07, 6.45) is 0.211. The van der Waals surface area contributed by atoms with Crippen molar-refractivity contribution in [3.8, 4) is 5.75 Å². The molecule has 4 nitrogen and oxygen atoms in total. The predicted molar refractivity (Wildman–Crippen MR) is 93.8 cm³/mol. The van der Waals surface area contributed by atoms with E-state index in [9.17, 15) is 9.18 Å². The summed E-state index contributed by atoms with van der Waals surface area (Å²) in [4.78, 5) is 14.1. The lowest BCUT2D eigenvalue weighted by Gasteiger charge is -2.19. The number of hydrogen-bond donors (Lipinski definition) is 1. The maximum absolute atomic E-state index is 12.8. The molecule has 1 N–H and O–H groups in total. The number of carbonyl (C=O) groups excluding carboxylic acids is 1. The molecule has 2 rings (SSSR count). The maximum Gasteiger partial charge on any atom is 0.260 e. The first-order valence-electron chi connectivity index (χ1n) is 8.02. The van der Waals surface area contributed by atoms with Crippen LogP contribution in [0.2, 0.25) is 0 Å². The van der Waals surface area contributed by atoms with Crippen molar-refractivity contribution in [1.29, 1.82) is 0 Å². The minimum Gasteiger partial charge on any atom is -0.481 e. The normalized spacial score (nSPS) is 11.6. The first kappa shape index (κ1) is 17.8. The number of hydrogen-bond acceptors (Lipinski definition) is 3. The van der Waals surface area contributed by atoms with Crippen LogP contribution in [0.15, 0.2) is 54.6 Å². The molecule has 0 radical (unpaired) electrons. The first-order valence-corrected chi connectivity index (χ1v) is 8.02. The highest BCUT2D eigenvalue weighted by molar-refractivity contribution is 5.80. The molecule has 0 heterocycles. The SMILES string of the molecule is CC(Oc1ccc(F)cc1)C(=O)NCCCN(C)c1ccccc1. The van der Waals surface area contributed by atoms with Gasteiger partial charge in [-0.2, -0.15) is 0 Å². The lowest BCUT2D eigenvalue weighted by atomic mass is 10.3. The van der Waals surface area contributed by atoms with E-state index in [0.29, 0.717) is 12.3 Å². The Kier molecular flexibility index (Phi) is 6.61. The van der Waals surface area contributed by atoms with Crippen LogP contribution in [0.1, 0.15) is 13.3 Å². The monoisotopic (exact) mass is 330 g/mol. The molecular formula is C19H23FN2O2. The molecular weight excluding hydrogens is 307 g/mol. The lowest BCUT2D eigenvalue weighted by molar-refractivity contribution is -0.127. The second-order valence-corrected chi connectivity index (χ2v) is 5.62. The second kappa shape index (κ2) is 8.91. The van der Waals surface area contributed by atoms with Gasteiger partial charge in [-0.15, -0.1) is 0 Å². The van der Waals surface area contributed by atoms with Crippen molar-refractivity contribution in [3.63, 3.8) is 0 Å². The largest absolute Gasteiger partial charge is 0.481 e. The van der Waals surface area contributed by atoms with Gasteiger partial charge >= 0.3 is 0 Å². The summed E-state index contributed by atoms with van der Waals surface area (Å²) in [5, 5.41) is 2.86. The molecule has 0 bridgehead atoms. The van der Waals surface area contributed by atoms with Crippen molar-refractivity contribution in [1.82, 2.24) is 5.32 Å². The van der Waals surface area contributed by atoms with Crippen LogP contribution in [0, 0.1) is 5.82 Å². The fourth-order valence-corrected chi connectivity index (χ4v) is 2.25. The van der Waals surface area contributed by atoms with Gasteiger partial charge in [-0.05, 0) is 49.7 Å². The van der Waals surface area contributed by atoms with Crippen LogP contribution in [0.25, 0.3) is 0 Å². The van der Waals surface area contributed by atoms with E-state index >= 15 is 0 Å². The van der Waals surface area contributed by atoms with Gasteiger partial charge in [0.25, 0.3) is 5.91 Å². The summed E-state index contributed by atoms with van der Waals surface area (Å²) in [5.74, 6) is -0.0356. The Morgan fingerprint density at radius 2 is 1.83 bits per heavy atom. The van der Waals surface area contributed by atoms with Crippen LogP contribution in [-0.4, -0.2) is 32.1 Å². The van der Waals surface area contributed by atoms with Crippen LogP contribution in [0.3, 0.4) is 0 Å². The first-order chi connectivity index (χ1) is 11.6. The van der Waals surface area contributed by atoms with E-state index in [1.807, 2.05) is 25.2 Å². The van der Waals surface area contributed by atoms with Crippen LogP contribution in [-0.2, 0) is 4.79 Å². The van der Waals surface area contributed by atoms with Gasteiger partial charge in [-0.1, -0.05) is 18.2 Å². The number of rotatable bonds is 8. The molecule has 0 saturated heterocycles. The Morgan fingerprint density at radius 3 is 2.50 bits per heavy atom. The zero-order valence-corrected chi connectivity index (χ0v) is 14.0. The number of halogens is 1. The summed E-state index contributed by atoms with van der Waals surface area (Å²) >= 11 is 0. The standard InChI is InChI=1S/C19H23FN2O2/c1-15(24-18-11-9-16(20)10-12-18)19(23)21-13-6-14-22(2)17-7-4-3-5-8-17/h3-5,7-12,15H,6,13-14H2,1-2H3,(H,21,23). The molecule has 0 aliphatic carbocycles. The number of ether oxygens (including phenoxy) is 1. The van der Waals surface area contributed by atoms with Crippen molar-refractivity contribution in [2.45, 2.75) is 19.4 Å². The van der Waals surface area contributed by atoms with Gasteiger partial charge in [0, 0.05) is 25.8 Å². The average molecular weight is 330 g/mol. The summed E-state index contributed by atoms with van der Waals surface area (Å²) in [5.41, 5.74) is 1.15. The van der Waals surface area contributed by atoms with Crippen LogP contribution >= 0.6 is 0 Å². The van der Waals surface area contributed by atoms with Crippen LogP contribution in [0.4, 0.5) is 10.1 Å². The number of carbonyl (C=O) groups is 1. The fraction of sp³-hybridized carbons (Fsp3) is 0.316. The van der Waals surface area contributed by atoms with E-state index in [0.717, 1.165) is 18.7 Å². The number of amides is 1. The van der Waals surface area contributed by atoms with Crippen molar-refractivity contribution < 1.29 is 13.9 Å². The molecule has 24 heavy (non-hydrogen) atoms. The maximum atomic E-state index is 12.8. The average Bonchev–Trinajstić information content (AvgIpc) is 2.61. The minimum atomic E-state index is -0.623. The molecule has 2 aromatic rings. The van der Waals surface area contributed by atoms with E-state index in [2.05, 4.69) is 22.3 Å². The van der Waals surface area contributed by atoms with Crippen LogP contribution < -0.4 is 15.0 Å². The molecule has 1 amide bonds. The molecule has 2 aromatic carbocycles. The topological polar surface area (TPSA) is 41.6 Å². The van der Waals surface area contributed by atoms with E-state index in [4.69, 9.17) is 4.74 Å². The molecule has 1 unspecified atom stereocenters. The predicted octanol–water partition coefficient (Wildman–Crippen LogP) is 3.24. The van der Waals surface area contributed by atoms with Crippen molar-refractivity contribution in [2.75, 3.05) is 25.0 Å². The van der Waals surface area contributed by atoms with E-state index in [1.165, 1.54) is 24.3 Å². The van der Waals surface area contributed by atoms with Crippen LogP contribution in [0.5, 0.6) is 5.75 Å². The number of nitrogens with zero attached hydrogens (tertiary/aromatic N) is 1. The van der Waals surface area contributed by atoms with Gasteiger partial charge in [0.05, 0.1) is 0 Å². The Balaban J connectivity index is 1.68. The Bertz CT molecular complexity index is 632. The van der Waals surface area contributed by atoms with Gasteiger partial charge in [0.2, 0.25) is 0 Å². The Labute approximate surface area is 142 Å². The van der Waals surface area contributed by atoms with E-state index in [1.54, 1.807) is 6.92 Å². The molecule has 128 valence electrons. The molecule has 0 spiro atoms. The fourth-order valence-electron chi connectivity index (χ4n) is 2.25. The molecule has 1 atom stereocenters. The van der Waals surface area contributed by atoms with Crippen molar-refractivity contribution in [3.05, 3.63) is 60.4 Å². The summed E-state index contributed by atoms with van der Waals surface area (Å²) in [6.45, 7) is 3.10. The number of benzene rings is 2. The zero-order valence-electron chi connectivity index (χ0n) is 14.0. The molecule has 0 saturated carbocycles. The number of anilines is 1.